The highest BCUT2D eigenvalue weighted by molar-refractivity contribution is 5.92. The molecule has 0 fully saturated rings. The van der Waals surface area contributed by atoms with Gasteiger partial charge in [-0.2, -0.15) is 4.98 Å². The van der Waals surface area contributed by atoms with E-state index in [1.807, 2.05) is 36.4 Å². The maximum atomic E-state index is 13.4. The molecule has 0 radical (unpaired) electrons. The van der Waals surface area contributed by atoms with Gasteiger partial charge in [-0.25, -0.2) is 4.39 Å². The number of nitrogens with one attached hydrogen (secondary N) is 1. The molecule has 0 spiro atoms. The van der Waals surface area contributed by atoms with E-state index in [-0.39, 0.29) is 24.0 Å². The monoisotopic (exact) mass is 373 g/mol. The summed E-state index contributed by atoms with van der Waals surface area (Å²) in [6.45, 7) is 0. The van der Waals surface area contributed by atoms with Crippen LogP contribution in [0.5, 0.6) is 0 Å². The lowest BCUT2D eigenvalue weighted by molar-refractivity contribution is -0.115. The standard InChI is InChI=1S/C22H16FN3O2/c23-18-10-4-9-17(13-18)22-25-21(26-28-22)16-8-5-11-19(14-16)24-20(27)12-15-6-2-1-3-7-15/h1-11,13-14H,12H2,(H,24,27). The van der Waals surface area contributed by atoms with Crippen LogP contribution in [0.4, 0.5) is 10.1 Å². The molecule has 1 heterocycles. The first-order valence-electron chi connectivity index (χ1n) is 8.71. The SMILES string of the molecule is O=C(Cc1ccccc1)Nc1cccc(-c2noc(-c3cccc(F)c3)n2)c1. The molecule has 0 atom stereocenters. The second-order valence-corrected chi connectivity index (χ2v) is 6.22. The molecule has 0 saturated heterocycles. The Morgan fingerprint density at radius 1 is 0.929 bits per heavy atom. The van der Waals surface area contributed by atoms with Gasteiger partial charge in [-0.05, 0) is 35.9 Å². The van der Waals surface area contributed by atoms with Crippen LogP contribution in [0.1, 0.15) is 5.56 Å². The molecular weight excluding hydrogens is 357 g/mol. The van der Waals surface area contributed by atoms with E-state index in [1.165, 1.54) is 12.1 Å². The molecule has 5 nitrogen and oxygen atoms in total. The summed E-state index contributed by atoms with van der Waals surface area (Å²) in [7, 11) is 0. The third-order valence-electron chi connectivity index (χ3n) is 4.11. The van der Waals surface area contributed by atoms with Crippen molar-refractivity contribution in [1.29, 1.82) is 0 Å². The Balaban J connectivity index is 1.50. The number of hydrogen-bond acceptors (Lipinski definition) is 4. The second kappa shape index (κ2) is 7.84. The van der Waals surface area contributed by atoms with Crippen LogP contribution in [-0.4, -0.2) is 16.0 Å². The van der Waals surface area contributed by atoms with E-state index in [4.69, 9.17) is 4.52 Å². The summed E-state index contributed by atoms with van der Waals surface area (Å²) in [5.41, 5.74) is 2.76. The Hall–Kier alpha value is -3.80. The highest BCUT2D eigenvalue weighted by Gasteiger charge is 2.12. The lowest BCUT2D eigenvalue weighted by Gasteiger charge is -2.06. The molecule has 0 unspecified atom stereocenters. The average Bonchev–Trinajstić information content (AvgIpc) is 3.19. The lowest BCUT2D eigenvalue weighted by atomic mass is 10.1. The third kappa shape index (κ3) is 4.12. The molecule has 4 aromatic rings. The van der Waals surface area contributed by atoms with Crippen LogP contribution in [0.15, 0.2) is 83.4 Å². The topological polar surface area (TPSA) is 68.0 Å². The molecule has 1 amide bonds. The fraction of sp³-hybridized carbons (Fsp3) is 0.0455. The van der Waals surface area contributed by atoms with Crippen molar-refractivity contribution in [1.82, 2.24) is 10.1 Å². The lowest BCUT2D eigenvalue weighted by Crippen LogP contribution is -2.14. The number of hydrogen-bond donors (Lipinski definition) is 1. The molecule has 1 N–H and O–H groups in total. The van der Waals surface area contributed by atoms with Crippen molar-refractivity contribution in [3.05, 3.63) is 90.2 Å². The van der Waals surface area contributed by atoms with Gasteiger partial charge in [0.1, 0.15) is 5.82 Å². The summed E-state index contributed by atoms with van der Waals surface area (Å²) < 4.78 is 18.6. The number of amides is 1. The molecule has 4 rings (SSSR count). The van der Waals surface area contributed by atoms with Crippen LogP contribution >= 0.6 is 0 Å². The highest BCUT2D eigenvalue weighted by Crippen LogP contribution is 2.24. The zero-order valence-corrected chi connectivity index (χ0v) is 14.8. The summed E-state index contributed by atoms with van der Waals surface area (Å²) in [5, 5.41) is 6.83. The maximum Gasteiger partial charge on any atom is 0.258 e. The van der Waals surface area contributed by atoms with E-state index in [1.54, 1.807) is 30.3 Å². The molecule has 6 heteroatoms. The van der Waals surface area contributed by atoms with Gasteiger partial charge in [-0.15, -0.1) is 0 Å². The normalized spacial score (nSPS) is 10.6. The number of carbonyl (C=O) groups excluding carboxylic acids is 1. The number of anilines is 1. The summed E-state index contributed by atoms with van der Waals surface area (Å²) in [6.07, 6.45) is 0.289. The Morgan fingerprint density at radius 3 is 2.54 bits per heavy atom. The first kappa shape index (κ1) is 17.6. The van der Waals surface area contributed by atoms with Crippen LogP contribution in [-0.2, 0) is 11.2 Å². The predicted octanol–water partition coefficient (Wildman–Crippen LogP) is 4.72. The Bertz CT molecular complexity index is 1110. The molecular formula is C22H16FN3O2. The molecule has 3 aromatic carbocycles. The molecule has 1 aromatic heterocycles. The minimum Gasteiger partial charge on any atom is -0.334 e. The highest BCUT2D eigenvalue weighted by atomic mass is 19.1. The van der Waals surface area contributed by atoms with Crippen LogP contribution in [0, 0.1) is 5.82 Å². The van der Waals surface area contributed by atoms with Gasteiger partial charge < -0.3 is 9.84 Å². The van der Waals surface area contributed by atoms with Gasteiger partial charge in [0.05, 0.1) is 6.42 Å². The van der Waals surface area contributed by atoms with Crippen molar-refractivity contribution in [2.75, 3.05) is 5.32 Å². The zero-order valence-electron chi connectivity index (χ0n) is 14.8. The Kier molecular flexibility index (Phi) is 4.93. The van der Waals surface area contributed by atoms with E-state index in [9.17, 15) is 9.18 Å². The smallest absolute Gasteiger partial charge is 0.258 e. The minimum atomic E-state index is -0.375. The van der Waals surface area contributed by atoms with E-state index in [0.717, 1.165) is 5.56 Å². The maximum absolute atomic E-state index is 13.4. The predicted molar refractivity (Wildman–Crippen MR) is 104 cm³/mol. The van der Waals surface area contributed by atoms with Gasteiger partial charge in [0.15, 0.2) is 0 Å². The molecule has 0 aliphatic heterocycles. The van der Waals surface area contributed by atoms with Crippen molar-refractivity contribution in [2.24, 2.45) is 0 Å². The van der Waals surface area contributed by atoms with Gasteiger partial charge >= 0.3 is 0 Å². The molecule has 0 aliphatic rings. The number of rotatable bonds is 5. The van der Waals surface area contributed by atoms with Gasteiger partial charge in [0, 0.05) is 16.8 Å². The molecule has 28 heavy (non-hydrogen) atoms. The Morgan fingerprint density at radius 2 is 1.71 bits per heavy atom. The van der Waals surface area contributed by atoms with E-state index < -0.39 is 0 Å². The fourth-order valence-electron chi connectivity index (χ4n) is 2.80. The molecule has 0 aliphatic carbocycles. The van der Waals surface area contributed by atoms with Crippen molar-refractivity contribution in [2.45, 2.75) is 6.42 Å². The third-order valence-corrected chi connectivity index (χ3v) is 4.11. The van der Waals surface area contributed by atoms with Gasteiger partial charge in [-0.3, -0.25) is 4.79 Å². The number of nitrogens with zero attached hydrogens (tertiary/aromatic N) is 2. The second-order valence-electron chi connectivity index (χ2n) is 6.22. The first-order valence-corrected chi connectivity index (χ1v) is 8.71. The van der Waals surface area contributed by atoms with Crippen LogP contribution < -0.4 is 5.32 Å². The van der Waals surface area contributed by atoms with Crippen molar-refractivity contribution < 1.29 is 13.7 Å². The summed E-state index contributed by atoms with van der Waals surface area (Å²) in [4.78, 5) is 16.6. The van der Waals surface area contributed by atoms with E-state index in [2.05, 4.69) is 15.5 Å². The van der Waals surface area contributed by atoms with Crippen LogP contribution in [0.3, 0.4) is 0 Å². The number of carbonyl (C=O) groups is 1. The number of aromatic nitrogens is 2. The van der Waals surface area contributed by atoms with Crippen LogP contribution in [0.25, 0.3) is 22.8 Å². The summed E-state index contributed by atoms with van der Waals surface area (Å²) in [6, 6.07) is 22.6. The van der Waals surface area contributed by atoms with E-state index in [0.29, 0.717) is 22.6 Å². The van der Waals surface area contributed by atoms with Gasteiger partial charge in [0.25, 0.3) is 5.89 Å². The Labute approximate surface area is 160 Å². The van der Waals surface area contributed by atoms with Crippen LogP contribution in [0.2, 0.25) is 0 Å². The molecule has 0 bridgehead atoms. The van der Waals surface area contributed by atoms with Gasteiger partial charge in [-0.1, -0.05) is 53.7 Å². The first-order chi connectivity index (χ1) is 13.7. The van der Waals surface area contributed by atoms with Crippen molar-refractivity contribution >= 4 is 11.6 Å². The van der Waals surface area contributed by atoms with Gasteiger partial charge in [0.2, 0.25) is 11.7 Å². The molecule has 0 saturated carbocycles. The minimum absolute atomic E-state index is 0.114. The average molecular weight is 373 g/mol. The largest absolute Gasteiger partial charge is 0.334 e. The number of benzene rings is 3. The fourth-order valence-corrected chi connectivity index (χ4v) is 2.80. The summed E-state index contributed by atoms with van der Waals surface area (Å²) in [5.74, 6) is 0.101. The van der Waals surface area contributed by atoms with Crippen molar-refractivity contribution in [3.63, 3.8) is 0 Å². The van der Waals surface area contributed by atoms with Crippen molar-refractivity contribution in [3.8, 4) is 22.8 Å². The number of halogens is 1. The zero-order chi connectivity index (χ0) is 19.3. The molecule has 138 valence electrons. The quantitative estimate of drug-likeness (QED) is 0.549. The van der Waals surface area contributed by atoms with E-state index >= 15 is 0 Å². The summed E-state index contributed by atoms with van der Waals surface area (Å²) >= 11 is 0.